The lowest BCUT2D eigenvalue weighted by molar-refractivity contribution is -0.121. The molecule has 0 bridgehead atoms. The molecular weight excluding hydrogens is 382 g/mol. The number of ether oxygens (including phenoxy) is 2. The fourth-order valence-electron chi connectivity index (χ4n) is 2.58. The first-order valence-corrected chi connectivity index (χ1v) is 10.2. The quantitative estimate of drug-likeness (QED) is 0.535. The van der Waals surface area contributed by atoms with Crippen LogP contribution in [0.15, 0.2) is 53.6 Å². The molecule has 0 aliphatic heterocycles. The number of carbonyl (C=O) groups excluding carboxylic acids is 1. The molecule has 0 aromatic heterocycles. The second-order valence-electron chi connectivity index (χ2n) is 5.91. The zero-order valence-corrected chi connectivity index (χ0v) is 16.9. The van der Waals surface area contributed by atoms with E-state index in [0.29, 0.717) is 22.7 Å². The van der Waals surface area contributed by atoms with Gasteiger partial charge >= 0.3 is 0 Å². The van der Waals surface area contributed by atoms with E-state index in [1.807, 2.05) is 0 Å². The molecule has 0 unspecified atom stereocenters. The monoisotopic (exact) mass is 405 g/mol. The maximum Gasteiger partial charge on any atom is 0.263 e. The Kier molecular flexibility index (Phi) is 7.00. The number of amides is 1. The summed E-state index contributed by atoms with van der Waals surface area (Å²) in [6.45, 7) is 1.49. The van der Waals surface area contributed by atoms with E-state index in [-0.39, 0.29) is 0 Å². The highest BCUT2D eigenvalue weighted by atomic mass is 32.2. The van der Waals surface area contributed by atoms with Crippen LogP contribution in [0.25, 0.3) is 0 Å². The Hall–Kier alpha value is -3.07. The smallest absolute Gasteiger partial charge is 0.263 e. The average Bonchev–Trinajstić information content (AvgIpc) is 2.67. The number of hydrogen-bond acceptors (Lipinski definition) is 6. The number of sulfonamides is 1. The zero-order chi connectivity index (χ0) is 20.7. The molecule has 2 aromatic carbocycles. The maximum atomic E-state index is 12.5. The molecule has 1 N–H and O–H groups in total. The van der Waals surface area contributed by atoms with Crippen LogP contribution in [0.1, 0.15) is 12.5 Å². The van der Waals surface area contributed by atoms with E-state index in [0.717, 1.165) is 10.6 Å². The van der Waals surface area contributed by atoms with E-state index < -0.39 is 22.0 Å². The van der Waals surface area contributed by atoms with Crippen LogP contribution in [0.5, 0.6) is 11.5 Å². The van der Waals surface area contributed by atoms with E-state index in [1.54, 1.807) is 48.5 Å². The summed E-state index contributed by atoms with van der Waals surface area (Å²) in [6.07, 6.45) is 2.45. The third kappa shape index (κ3) is 5.23. The summed E-state index contributed by atoms with van der Waals surface area (Å²) in [4.78, 5) is 12.5. The van der Waals surface area contributed by atoms with Gasteiger partial charge in [-0.15, -0.1) is 0 Å². The van der Waals surface area contributed by atoms with Crippen molar-refractivity contribution >= 4 is 27.8 Å². The molecule has 0 radical (unpaired) electrons. The number of nitrogens with zero attached hydrogens (tertiary/aromatic N) is 2. The molecule has 9 heteroatoms. The Bertz CT molecular complexity index is 945. The summed E-state index contributed by atoms with van der Waals surface area (Å²) in [5.41, 5.74) is 3.36. The summed E-state index contributed by atoms with van der Waals surface area (Å²) < 4.78 is 35.9. The van der Waals surface area contributed by atoms with Gasteiger partial charge in [-0.05, 0) is 37.3 Å². The number of hydrazone groups is 1. The van der Waals surface area contributed by atoms with Crippen molar-refractivity contribution in [2.24, 2.45) is 5.10 Å². The standard InChI is InChI=1S/C19H23N3O5S/c1-14(22(28(4,24)25)16-8-6-5-7-9-16)19(23)21-20-13-15-12-17(26-2)10-11-18(15)27-3/h5-14H,1-4H3,(H,21,23)/b20-13-/t14-/m1/s1. The van der Waals surface area contributed by atoms with Crippen LogP contribution in [0, 0.1) is 0 Å². The second kappa shape index (κ2) is 9.23. The van der Waals surface area contributed by atoms with Crippen molar-refractivity contribution in [3.05, 3.63) is 54.1 Å². The fourth-order valence-corrected chi connectivity index (χ4v) is 3.76. The number of rotatable bonds is 8. The first-order valence-electron chi connectivity index (χ1n) is 8.37. The highest BCUT2D eigenvalue weighted by molar-refractivity contribution is 7.92. The largest absolute Gasteiger partial charge is 0.497 e. The average molecular weight is 405 g/mol. The van der Waals surface area contributed by atoms with Crippen LogP contribution in [0.2, 0.25) is 0 Å². The van der Waals surface area contributed by atoms with Crippen LogP contribution in [0.3, 0.4) is 0 Å². The summed E-state index contributed by atoms with van der Waals surface area (Å²) in [5.74, 6) is 0.579. The Morgan fingerprint density at radius 1 is 1.14 bits per heavy atom. The minimum Gasteiger partial charge on any atom is -0.497 e. The Labute approximate surface area is 164 Å². The molecule has 0 saturated heterocycles. The normalized spacial score (nSPS) is 12.4. The van der Waals surface area contributed by atoms with Crippen LogP contribution in [-0.2, 0) is 14.8 Å². The van der Waals surface area contributed by atoms with Crippen molar-refractivity contribution in [1.82, 2.24) is 5.43 Å². The van der Waals surface area contributed by atoms with Gasteiger partial charge in [-0.25, -0.2) is 13.8 Å². The lowest BCUT2D eigenvalue weighted by Gasteiger charge is -2.27. The number of anilines is 1. The molecule has 28 heavy (non-hydrogen) atoms. The Morgan fingerprint density at radius 3 is 2.39 bits per heavy atom. The molecule has 0 saturated carbocycles. The number of nitrogens with one attached hydrogen (secondary N) is 1. The van der Waals surface area contributed by atoms with Gasteiger partial charge in [0.05, 0.1) is 32.4 Å². The van der Waals surface area contributed by atoms with Gasteiger partial charge in [-0.2, -0.15) is 5.10 Å². The van der Waals surface area contributed by atoms with E-state index in [9.17, 15) is 13.2 Å². The number of hydrogen-bond donors (Lipinski definition) is 1. The summed E-state index contributed by atoms with van der Waals surface area (Å²) in [6, 6.07) is 12.6. The second-order valence-corrected chi connectivity index (χ2v) is 7.77. The topological polar surface area (TPSA) is 97.3 Å². The van der Waals surface area contributed by atoms with Gasteiger partial charge in [0, 0.05) is 5.56 Å². The third-order valence-electron chi connectivity index (χ3n) is 3.91. The van der Waals surface area contributed by atoms with E-state index >= 15 is 0 Å². The van der Waals surface area contributed by atoms with Gasteiger partial charge in [0.1, 0.15) is 17.5 Å². The highest BCUT2D eigenvalue weighted by Crippen LogP contribution is 2.22. The molecule has 2 rings (SSSR count). The van der Waals surface area contributed by atoms with E-state index in [2.05, 4.69) is 10.5 Å². The molecule has 150 valence electrons. The molecular formula is C19H23N3O5S. The first kappa shape index (κ1) is 21.2. The lowest BCUT2D eigenvalue weighted by atomic mass is 10.2. The van der Waals surface area contributed by atoms with Gasteiger partial charge in [0.15, 0.2) is 0 Å². The van der Waals surface area contributed by atoms with Crippen LogP contribution < -0.4 is 19.2 Å². The Morgan fingerprint density at radius 2 is 1.82 bits per heavy atom. The minimum atomic E-state index is -3.67. The molecule has 2 aromatic rings. The van der Waals surface area contributed by atoms with Crippen LogP contribution >= 0.6 is 0 Å². The molecule has 0 heterocycles. The molecule has 1 atom stereocenters. The van der Waals surface area contributed by atoms with Crippen LogP contribution in [0.4, 0.5) is 5.69 Å². The number of methoxy groups -OCH3 is 2. The van der Waals surface area contributed by atoms with Crippen molar-refractivity contribution in [1.29, 1.82) is 0 Å². The van der Waals surface area contributed by atoms with Gasteiger partial charge in [0.2, 0.25) is 10.0 Å². The molecule has 0 aliphatic carbocycles. The van der Waals surface area contributed by atoms with Crippen molar-refractivity contribution in [3.63, 3.8) is 0 Å². The minimum absolute atomic E-state index is 0.395. The van der Waals surface area contributed by atoms with Gasteiger partial charge in [-0.3, -0.25) is 9.10 Å². The SMILES string of the molecule is COc1ccc(OC)c(/C=N\NC(=O)[C@@H](C)N(c2ccccc2)S(C)(=O)=O)c1. The van der Waals surface area contributed by atoms with Crippen molar-refractivity contribution < 1.29 is 22.7 Å². The summed E-state index contributed by atoms with van der Waals surface area (Å²) in [7, 11) is -0.620. The van der Waals surface area contributed by atoms with Gasteiger partial charge in [-0.1, -0.05) is 18.2 Å². The zero-order valence-electron chi connectivity index (χ0n) is 16.1. The molecule has 8 nitrogen and oxygen atoms in total. The number of para-hydroxylation sites is 1. The number of carbonyl (C=O) groups is 1. The number of benzene rings is 2. The van der Waals surface area contributed by atoms with E-state index in [4.69, 9.17) is 9.47 Å². The molecule has 0 spiro atoms. The molecule has 0 fully saturated rings. The third-order valence-corrected chi connectivity index (χ3v) is 5.16. The Balaban J connectivity index is 2.18. The van der Waals surface area contributed by atoms with Crippen molar-refractivity contribution in [3.8, 4) is 11.5 Å². The first-order chi connectivity index (χ1) is 13.3. The predicted octanol–water partition coefficient (Wildman–Crippen LogP) is 2.01. The summed E-state index contributed by atoms with van der Waals surface area (Å²) in [5, 5.41) is 3.92. The van der Waals surface area contributed by atoms with Crippen molar-refractivity contribution in [2.45, 2.75) is 13.0 Å². The van der Waals surface area contributed by atoms with Crippen molar-refractivity contribution in [2.75, 3.05) is 24.8 Å². The van der Waals surface area contributed by atoms with E-state index in [1.165, 1.54) is 27.4 Å². The summed E-state index contributed by atoms with van der Waals surface area (Å²) >= 11 is 0. The molecule has 1 amide bonds. The van der Waals surface area contributed by atoms with Gasteiger partial charge in [0.25, 0.3) is 5.91 Å². The highest BCUT2D eigenvalue weighted by Gasteiger charge is 2.28. The maximum absolute atomic E-state index is 12.5. The van der Waals surface area contributed by atoms with Crippen LogP contribution in [-0.4, -0.2) is 47.1 Å². The van der Waals surface area contributed by atoms with Gasteiger partial charge < -0.3 is 9.47 Å². The predicted molar refractivity (Wildman–Crippen MR) is 109 cm³/mol. The molecule has 0 aliphatic rings. The lowest BCUT2D eigenvalue weighted by Crippen LogP contribution is -2.46. The fraction of sp³-hybridized carbons (Fsp3) is 0.263.